The number of methoxy groups -OCH3 is 1. The lowest BCUT2D eigenvalue weighted by atomic mass is 9.84. The summed E-state index contributed by atoms with van der Waals surface area (Å²) in [5, 5.41) is 0. The third-order valence-electron chi connectivity index (χ3n) is 6.02. The maximum absolute atomic E-state index is 13.5. The zero-order valence-electron chi connectivity index (χ0n) is 16.1. The Balaban J connectivity index is 1.95. The van der Waals surface area contributed by atoms with Crippen molar-refractivity contribution in [3.8, 4) is 5.75 Å². The van der Waals surface area contributed by atoms with Gasteiger partial charge in [-0.05, 0) is 51.2 Å². The number of carbonyl (C=O) groups excluding carboxylic acids is 2. The Kier molecular flexibility index (Phi) is 5.84. The zero-order valence-corrected chi connectivity index (χ0v) is 16.1. The summed E-state index contributed by atoms with van der Waals surface area (Å²) in [4.78, 5) is 30.4. The van der Waals surface area contributed by atoms with Crippen LogP contribution in [0.15, 0.2) is 24.3 Å². The van der Waals surface area contributed by atoms with E-state index in [0.717, 1.165) is 25.7 Å². The van der Waals surface area contributed by atoms with Gasteiger partial charge in [-0.25, -0.2) is 0 Å². The number of likely N-dealkylation sites (N-methyl/N-ethyl adjacent to an activating group) is 1. The second-order valence-corrected chi connectivity index (χ2v) is 7.29. The monoisotopic (exact) mass is 358 g/mol. The number of nitrogens with zero attached hydrogens (tertiary/aromatic N) is 2. The van der Waals surface area contributed by atoms with Crippen LogP contribution in [0.3, 0.4) is 0 Å². The fraction of sp³-hybridized carbons (Fsp3) is 0.619. The molecule has 26 heavy (non-hydrogen) atoms. The molecule has 1 aromatic rings. The van der Waals surface area contributed by atoms with Gasteiger partial charge in [0, 0.05) is 19.1 Å². The van der Waals surface area contributed by atoms with E-state index in [2.05, 4.69) is 0 Å². The SMILES string of the molecule is CCN(CC)C(=O)C1CC2CCCCC2N1C(=O)c1ccccc1OC. The molecule has 0 spiro atoms. The topological polar surface area (TPSA) is 49.9 Å². The second-order valence-electron chi connectivity index (χ2n) is 7.29. The van der Waals surface area contributed by atoms with E-state index in [-0.39, 0.29) is 23.9 Å². The molecule has 1 heterocycles. The molecule has 2 amide bonds. The molecule has 3 rings (SSSR count). The first-order valence-corrected chi connectivity index (χ1v) is 9.86. The van der Waals surface area contributed by atoms with Crippen molar-refractivity contribution in [3.05, 3.63) is 29.8 Å². The molecule has 142 valence electrons. The molecule has 0 aromatic heterocycles. The molecule has 1 aromatic carbocycles. The summed E-state index contributed by atoms with van der Waals surface area (Å²) < 4.78 is 5.40. The van der Waals surface area contributed by atoms with E-state index in [0.29, 0.717) is 30.3 Å². The Morgan fingerprint density at radius 3 is 2.54 bits per heavy atom. The summed E-state index contributed by atoms with van der Waals surface area (Å²) in [5.74, 6) is 1.03. The lowest BCUT2D eigenvalue weighted by Crippen LogP contribution is -2.50. The van der Waals surface area contributed by atoms with Gasteiger partial charge in [-0.15, -0.1) is 0 Å². The summed E-state index contributed by atoms with van der Waals surface area (Å²) in [6, 6.07) is 7.15. The van der Waals surface area contributed by atoms with Gasteiger partial charge in [0.15, 0.2) is 0 Å². The van der Waals surface area contributed by atoms with E-state index >= 15 is 0 Å². The van der Waals surface area contributed by atoms with Crippen LogP contribution in [0.5, 0.6) is 5.75 Å². The van der Waals surface area contributed by atoms with Crippen LogP contribution in [0.1, 0.15) is 56.3 Å². The van der Waals surface area contributed by atoms with E-state index in [1.54, 1.807) is 13.2 Å². The average Bonchev–Trinajstić information content (AvgIpc) is 3.07. The number of fused-ring (bicyclic) bond motifs is 1. The largest absolute Gasteiger partial charge is 0.496 e. The lowest BCUT2D eigenvalue weighted by Gasteiger charge is -2.35. The molecule has 3 unspecified atom stereocenters. The van der Waals surface area contributed by atoms with Crippen LogP contribution in [-0.4, -0.2) is 53.9 Å². The van der Waals surface area contributed by atoms with Crippen LogP contribution in [-0.2, 0) is 4.79 Å². The lowest BCUT2D eigenvalue weighted by molar-refractivity contribution is -0.135. The van der Waals surface area contributed by atoms with Gasteiger partial charge in [-0.2, -0.15) is 0 Å². The van der Waals surface area contributed by atoms with E-state index in [1.165, 1.54) is 6.42 Å². The third-order valence-corrected chi connectivity index (χ3v) is 6.02. The molecule has 1 saturated heterocycles. The predicted octanol–water partition coefficient (Wildman–Crippen LogP) is 3.34. The molecule has 0 N–H and O–H groups in total. The number of likely N-dealkylation sites (tertiary alicyclic amines) is 1. The first-order chi connectivity index (χ1) is 12.6. The van der Waals surface area contributed by atoms with Gasteiger partial charge >= 0.3 is 0 Å². The fourth-order valence-electron chi connectivity index (χ4n) is 4.68. The molecule has 5 heteroatoms. The van der Waals surface area contributed by atoms with Crippen molar-refractivity contribution in [1.29, 1.82) is 0 Å². The molecular weight excluding hydrogens is 328 g/mol. The van der Waals surface area contributed by atoms with E-state index in [4.69, 9.17) is 4.74 Å². The molecule has 3 atom stereocenters. The molecule has 0 radical (unpaired) electrons. The van der Waals surface area contributed by atoms with Crippen LogP contribution in [0.4, 0.5) is 0 Å². The first-order valence-electron chi connectivity index (χ1n) is 9.86. The number of benzene rings is 1. The van der Waals surface area contributed by atoms with Gasteiger partial charge in [-0.1, -0.05) is 25.0 Å². The van der Waals surface area contributed by atoms with Crippen molar-refractivity contribution in [3.63, 3.8) is 0 Å². The Morgan fingerprint density at radius 1 is 1.15 bits per heavy atom. The quantitative estimate of drug-likeness (QED) is 0.811. The highest BCUT2D eigenvalue weighted by Gasteiger charge is 2.48. The summed E-state index contributed by atoms with van der Waals surface area (Å²) in [6.07, 6.45) is 5.23. The van der Waals surface area contributed by atoms with Gasteiger partial charge in [0.2, 0.25) is 5.91 Å². The maximum Gasteiger partial charge on any atom is 0.258 e. The highest BCUT2D eigenvalue weighted by molar-refractivity contribution is 6.00. The Bertz CT molecular complexity index is 656. The van der Waals surface area contributed by atoms with Gasteiger partial charge < -0.3 is 14.5 Å². The summed E-state index contributed by atoms with van der Waals surface area (Å²) in [7, 11) is 1.58. The van der Waals surface area contributed by atoms with Crippen molar-refractivity contribution in [2.24, 2.45) is 5.92 Å². The van der Waals surface area contributed by atoms with Crippen LogP contribution < -0.4 is 4.74 Å². The van der Waals surface area contributed by atoms with Crippen LogP contribution in [0, 0.1) is 5.92 Å². The second kappa shape index (κ2) is 8.11. The van der Waals surface area contributed by atoms with Gasteiger partial charge in [0.25, 0.3) is 5.91 Å². The van der Waals surface area contributed by atoms with Crippen molar-refractivity contribution in [2.75, 3.05) is 20.2 Å². The molecular formula is C21H30N2O3. The number of hydrogen-bond donors (Lipinski definition) is 0. The molecule has 2 aliphatic rings. The van der Waals surface area contributed by atoms with Gasteiger partial charge in [0.05, 0.1) is 12.7 Å². The smallest absolute Gasteiger partial charge is 0.258 e. The van der Waals surface area contributed by atoms with Crippen molar-refractivity contribution in [1.82, 2.24) is 9.80 Å². The van der Waals surface area contributed by atoms with Gasteiger partial charge in [0.1, 0.15) is 11.8 Å². The Morgan fingerprint density at radius 2 is 1.85 bits per heavy atom. The number of rotatable bonds is 5. The molecule has 5 nitrogen and oxygen atoms in total. The zero-order chi connectivity index (χ0) is 18.7. The van der Waals surface area contributed by atoms with E-state index in [1.807, 2.05) is 41.8 Å². The molecule has 1 saturated carbocycles. The summed E-state index contributed by atoms with van der Waals surface area (Å²) >= 11 is 0. The number of amides is 2. The normalized spacial score (nSPS) is 24.9. The summed E-state index contributed by atoms with van der Waals surface area (Å²) in [6.45, 7) is 5.35. The Hall–Kier alpha value is -2.04. The minimum atomic E-state index is -0.347. The molecule has 2 fully saturated rings. The molecule has 0 bridgehead atoms. The van der Waals surface area contributed by atoms with E-state index in [9.17, 15) is 9.59 Å². The van der Waals surface area contributed by atoms with Crippen molar-refractivity contribution in [2.45, 2.75) is 58.0 Å². The number of hydrogen-bond acceptors (Lipinski definition) is 3. The molecule has 1 aliphatic carbocycles. The van der Waals surface area contributed by atoms with Crippen molar-refractivity contribution >= 4 is 11.8 Å². The number of ether oxygens (including phenoxy) is 1. The minimum Gasteiger partial charge on any atom is -0.496 e. The average molecular weight is 358 g/mol. The maximum atomic E-state index is 13.5. The first kappa shape index (κ1) is 18.7. The highest BCUT2D eigenvalue weighted by atomic mass is 16.5. The van der Waals surface area contributed by atoms with Crippen molar-refractivity contribution < 1.29 is 14.3 Å². The highest BCUT2D eigenvalue weighted by Crippen LogP contribution is 2.41. The number of carbonyl (C=O) groups is 2. The van der Waals surface area contributed by atoms with Crippen LogP contribution >= 0.6 is 0 Å². The fourth-order valence-corrected chi connectivity index (χ4v) is 4.68. The Labute approximate surface area is 156 Å². The molecule has 1 aliphatic heterocycles. The van der Waals surface area contributed by atoms with Crippen LogP contribution in [0.2, 0.25) is 0 Å². The predicted molar refractivity (Wildman–Crippen MR) is 101 cm³/mol. The standard InChI is InChI=1S/C21H30N2O3/c1-4-22(5-2)21(25)18-14-15-10-6-8-12-17(15)23(18)20(24)16-11-7-9-13-19(16)26-3/h7,9,11,13,15,17-18H,4-6,8,10,12,14H2,1-3H3. The van der Waals surface area contributed by atoms with E-state index < -0.39 is 0 Å². The third kappa shape index (κ3) is 3.31. The minimum absolute atomic E-state index is 0.0673. The summed E-state index contributed by atoms with van der Waals surface area (Å²) in [5.41, 5.74) is 0.554. The number of para-hydroxylation sites is 1. The van der Waals surface area contributed by atoms with Gasteiger partial charge in [-0.3, -0.25) is 9.59 Å². The van der Waals surface area contributed by atoms with Crippen LogP contribution in [0.25, 0.3) is 0 Å².